The Labute approximate surface area is 225 Å². The highest BCUT2D eigenvalue weighted by Gasteiger charge is 2.34. The largest absolute Gasteiger partial charge is 0.357 e. The molecular formula is C28H40N4O2S2. The molecular weight excluding hydrogens is 488 g/mol. The summed E-state index contributed by atoms with van der Waals surface area (Å²) in [4.78, 5) is 31.5. The van der Waals surface area contributed by atoms with Crippen LogP contribution in [0.4, 0.5) is 5.82 Å². The average Bonchev–Trinajstić information content (AvgIpc) is 3.15. The molecule has 0 N–H and O–H groups in total. The van der Waals surface area contributed by atoms with E-state index >= 15 is 0 Å². The number of anilines is 1. The zero-order valence-electron chi connectivity index (χ0n) is 22.3. The lowest BCUT2D eigenvalue weighted by atomic mass is 9.99. The smallest absolute Gasteiger partial charge is 0.270 e. The number of piperidine rings is 1. The molecule has 2 saturated heterocycles. The Balaban J connectivity index is 2.09. The van der Waals surface area contributed by atoms with Crippen molar-refractivity contribution in [3.8, 4) is 6.07 Å². The van der Waals surface area contributed by atoms with Gasteiger partial charge in [-0.25, -0.2) is 0 Å². The van der Waals surface area contributed by atoms with Crippen LogP contribution in [0.5, 0.6) is 0 Å². The van der Waals surface area contributed by atoms with Gasteiger partial charge in [0.1, 0.15) is 21.8 Å². The van der Waals surface area contributed by atoms with Crippen molar-refractivity contribution in [1.82, 2.24) is 9.47 Å². The molecule has 3 rings (SSSR count). The van der Waals surface area contributed by atoms with E-state index in [0.717, 1.165) is 75.8 Å². The molecule has 0 spiro atoms. The molecule has 1 aromatic heterocycles. The molecule has 1 amide bonds. The third kappa shape index (κ3) is 6.23. The summed E-state index contributed by atoms with van der Waals surface area (Å²) >= 11 is 6.98. The Morgan fingerprint density at radius 1 is 1.11 bits per heavy atom. The van der Waals surface area contributed by atoms with Gasteiger partial charge in [0.15, 0.2) is 0 Å². The molecule has 2 fully saturated rings. The molecule has 6 nitrogen and oxygen atoms in total. The van der Waals surface area contributed by atoms with E-state index in [1.807, 2.05) is 13.0 Å². The SMILES string of the molecule is CCCCC(CC)CN1C(=O)/C(=C\c2c(C)c(C#N)c(=O)n(CCCC)c2N2CCCCC2)SC1=S. The zero-order valence-corrected chi connectivity index (χ0v) is 23.9. The van der Waals surface area contributed by atoms with Crippen molar-refractivity contribution in [2.75, 3.05) is 24.5 Å². The van der Waals surface area contributed by atoms with Gasteiger partial charge in [-0.1, -0.05) is 70.4 Å². The molecule has 2 aliphatic rings. The minimum atomic E-state index is -0.226. The van der Waals surface area contributed by atoms with Crippen molar-refractivity contribution >= 4 is 46.1 Å². The van der Waals surface area contributed by atoms with Gasteiger partial charge in [0.05, 0.1) is 4.91 Å². The second-order valence-corrected chi connectivity index (χ2v) is 11.6. The fraction of sp³-hybridized carbons (Fsp3) is 0.643. The molecule has 0 aliphatic carbocycles. The van der Waals surface area contributed by atoms with Gasteiger partial charge >= 0.3 is 0 Å². The summed E-state index contributed by atoms with van der Waals surface area (Å²) in [5.74, 6) is 1.22. The van der Waals surface area contributed by atoms with Gasteiger partial charge in [-0.15, -0.1) is 0 Å². The molecule has 2 aliphatic heterocycles. The van der Waals surface area contributed by atoms with Crippen molar-refractivity contribution in [3.63, 3.8) is 0 Å². The molecule has 36 heavy (non-hydrogen) atoms. The van der Waals surface area contributed by atoms with Gasteiger partial charge in [-0.3, -0.25) is 19.1 Å². The Hall–Kier alpha value is -2.11. The van der Waals surface area contributed by atoms with Crippen molar-refractivity contribution < 1.29 is 4.79 Å². The van der Waals surface area contributed by atoms with E-state index in [0.29, 0.717) is 33.8 Å². The van der Waals surface area contributed by atoms with E-state index in [2.05, 4.69) is 31.7 Å². The fourth-order valence-electron chi connectivity index (χ4n) is 5.08. The predicted octanol–water partition coefficient (Wildman–Crippen LogP) is 6.24. The number of carbonyl (C=O) groups is 1. The first-order chi connectivity index (χ1) is 17.4. The van der Waals surface area contributed by atoms with Gasteiger partial charge in [0.25, 0.3) is 11.5 Å². The second kappa shape index (κ2) is 13.4. The molecule has 1 aromatic rings. The van der Waals surface area contributed by atoms with E-state index in [1.165, 1.54) is 18.2 Å². The second-order valence-electron chi connectivity index (χ2n) is 9.92. The molecule has 196 valence electrons. The number of amides is 1. The number of nitriles is 1. The Bertz CT molecular complexity index is 1100. The van der Waals surface area contributed by atoms with Crippen LogP contribution in [0.2, 0.25) is 0 Å². The maximum absolute atomic E-state index is 13.5. The van der Waals surface area contributed by atoms with Crippen LogP contribution in [0, 0.1) is 24.2 Å². The maximum atomic E-state index is 13.5. The number of rotatable bonds is 11. The van der Waals surface area contributed by atoms with E-state index < -0.39 is 0 Å². The van der Waals surface area contributed by atoms with Crippen molar-refractivity contribution in [2.24, 2.45) is 5.92 Å². The number of hydrogen-bond acceptors (Lipinski definition) is 6. The summed E-state index contributed by atoms with van der Waals surface area (Å²) in [6, 6.07) is 2.15. The lowest BCUT2D eigenvalue weighted by Gasteiger charge is -2.33. The quantitative estimate of drug-likeness (QED) is 0.250. The molecule has 8 heteroatoms. The molecule has 0 radical (unpaired) electrons. The number of thiocarbonyl (C=S) groups is 1. The lowest BCUT2D eigenvalue weighted by molar-refractivity contribution is -0.122. The summed E-state index contributed by atoms with van der Waals surface area (Å²) in [7, 11) is 0. The van der Waals surface area contributed by atoms with Gasteiger partial charge in [0.2, 0.25) is 0 Å². The third-order valence-corrected chi connectivity index (χ3v) is 8.75. The molecule has 0 aromatic carbocycles. The Kier molecular flexibility index (Phi) is 10.6. The van der Waals surface area contributed by atoms with Gasteiger partial charge in [-0.2, -0.15) is 5.26 Å². The minimum Gasteiger partial charge on any atom is -0.357 e. The summed E-state index contributed by atoms with van der Waals surface area (Å²) in [6.07, 6.45) is 11.4. The predicted molar refractivity (Wildman–Crippen MR) is 154 cm³/mol. The number of thioether (sulfide) groups is 1. The van der Waals surface area contributed by atoms with Gasteiger partial charge < -0.3 is 4.90 Å². The first kappa shape index (κ1) is 28.5. The number of aromatic nitrogens is 1. The van der Waals surface area contributed by atoms with Crippen LogP contribution in [-0.4, -0.2) is 39.3 Å². The summed E-state index contributed by atoms with van der Waals surface area (Å²) in [5.41, 5.74) is 1.40. The van der Waals surface area contributed by atoms with E-state index in [-0.39, 0.29) is 17.0 Å². The highest BCUT2D eigenvalue weighted by Crippen LogP contribution is 2.37. The standard InChI is InChI=1S/C28H40N4O2S2/c1-5-8-13-21(7-3)19-32-27(34)24(36-28(32)35)17-22-20(4)23(18-29)26(33)31(16-9-6-2)25(22)30-14-11-10-12-15-30/h17,21H,5-16,19H2,1-4H3/b24-17+. The fourth-order valence-corrected chi connectivity index (χ4v) is 6.34. The van der Waals surface area contributed by atoms with Crippen LogP contribution in [0.3, 0.4) is 0 Å². The van der Waals surface area contributed by atoms with Crippen molar-refractivity contribution in [2.45, 2.75) is 92.0 Å². The zero-order chi connectivity index (χ0) is 26.2. The van der Waals surface area contributed by atoms with Crippen molar-refractivity contribution in [1.29, 1.82) is 5.26 Å². The lowest BCUT2D eigenvalue weighted by Crippen LogP contribution is -2.37. The molecule has 0 saturated carbocycles. The number of nitrogens with zero attached hydrogens (tertiary/aromatic N) is 4. The number of hydrogen-bond donors (Lipinski definition) is 0. The summed E-state index contributed by atoms with van der Waals surface area (Å²) < 4.78 is 2.38. The van der Waals surface area contributed by atoms with Crippen molar-refractivity contribution in [3.05, 3.63) is 31.9 Å². The van der Waals surface area contributed by atoms with Gasteiger partial charge in [0, 0.05) is 31.7 Å². The average molecular weight is 529 g/mol. The molecule has 3 heterocycles. The summed E-state index contributed by atoms with van der Waals surface area (Å²) in [5, 5.41) is 9.87. The van der Waals surface area contributed by atoms with E-state index in [1.54, 1.807) is 9.47 Å². The van der Waals surface area contributed by atoms with E-state index in [9.17, 15) is 14.9 Å². The number of unbranched alkanes of at least 4 members (excludes halogenated alkanes) is 2. The van der Waals surface area contributed by atoms with Crippen LogP contribution in [-0.2, 0) is 11.3 Å². The van der Waals surface area contributed by atoms with E-state index in [4.69, 9.17) is 12.2 Å². The van der Waals surface area contributed by atoms with Crippen LogP contribution >= 0.6 is 24.0 Å². The number of pyridine rings is 1. The highest BCUT2D eigenvalue weighted by molar-refractivity contribution is 8.26. The Morgan fingerprint density at radius 3 is 2.42 bits per heavy atom. The summed E-state index contributed by atoms with van der Waals surface area (Å²) in [6.45, 7) is 11.2. The first-order valence-corrected chi connectivity index (χ1v) is 14.8. The topological polar surface area (TPSA) is 69.3 Å². The highest BCUT2D eigenvalue weighted by atomic mass is 32.2. The van der Waals surface area contributed by atoms with Crippen LogP contribution in [0.15, 0.2) is 9.70 Å². The third-order valence-electron chi connectivity index (χ3n) is 7.37. The first-order valence-electron chi connectivity index (χ1n) is 13.6. The Morgan fingerprint density at radius 2 is 1.81 bits per heavy atom. The van der Waals surface area contributed by atoms with Gasteiger partial charge in [-0.05, 0) is 56.6 Å². The molecule has 1 atom stereocenters. The van der Waals surface area contributed by atoms with Crippen LogP contribution < -0.4 is 10.5 Å². The normalized spacial score (nSPS) is 18.2. The molecule has 0 bridgehead atoms. The molecule has 1 unspecified atom stereocenters. The van der Waals surface area contributed by atoms with Crippen LogP contribution in [0.1, 0.15) is 95.2 Å². The maximum Gasteiger partial charge on any atom is 0.270 e. The van der Waals surface area contributed by atoms with Crippen LogP contribution in [0.25, 0.3) is 6.08 Å². The monoisotopic (exact) mass is 528 g/mol. The minimum absolute atomic E-state index is 0.0613. The number of carbonyl (C=O) groups excluding carboxylic acids is 1.